The van der Waals surface area contributed by atoms with E-state index in [0.29, 0.717) is 11.1 Å². The van der Waals surface area contributed by atoms with Crippen LogP contribution in [0.5, 0.6) is 0 Å². The fraction of sp³-hybridized carbons (Fsp3) is 0.286. The van der Waals surface area contributed by atoms with Crippen molar-refractivity contribution in [3.63, 3.8) is 0 Å². The van der Waals surface area contributed by atoms with Gasteiger partial charge in [0.25, 0.3) is 5.22 Å². The standard InChI is InChI=1S/C21H21N3O2S/c1-13-8-9-17(10-14(13)2)20-22-23-21(26-20)27-12-19(25)24-15(3)11-16-6-4-5-7-18(16)24/h4-10,15H,11-12H2,1-3H3. The van der Waals surface area contributed by atoms with Crippen LogP contribution in [0, 0.1) is 13.8 Å². The highest BCUT2D eigenvalue weighted by atomic mass is 32.2. The monoisotopic (exact) mass is 379 g/mol. The summed E-state index contributed by atoms with van der Waals surface area (Å²) in [4.78, 5) is 14.6. The summed E-state index contributed by atoms with van der Waals surface area (Å²) < 4.78 is 5.74. The molecule has 1 aliphatic rings. The largest absolute Gasteiger partial charge is 0.411 e. The normalized spacial score (nSPS) is 15.8. The maximum Gasteiger partial charge on any atom is 0.277 e. The number of hydrogen-bond acceptors (Lipinski definition) is 5. The number of aromatic nitrogens is 2. The molecule has 1 unspecified atom stereocenters. The smallest absolute Gasteiger partial charge is 0.277 e. The molecule has 2 aromatic carbocycles. The van der Waals surface area contributed by atoms with Gasteiger partial charge in [0.2, 0.25) is 11.8 Å². The Hall–Kier alpha value is -2.60. The van der Waals surface area contributed by atoms with Crippen LogP contribution in [-0.2, 0) is 11.2 Å². The number of benzene rings is 2. The van der Waals surface area contributed by atoms with E-state index in [2.05, 4.69) is 37.0 Å². The van der Waals surface area contributed by atoms with Crippen LogP contribution in [-0.4, -0.2) is 27.9 Å². The second-order valence-corrected chi connectivity index (χ2v) is 7.83. The van der Waals surface area contributed by atoms with Gasteiger partial charge in [0.05, 0.1) is 5.75 Å². The zero-order chi connectivity index (χ0) is 19.0. The van der Waals surface area contributed by atoms with Crippen molar-refractivity contribution >= 4 is 23.4 Å². The van der Waals surface area contributed by atoms with Crippen molar-refractivity contribution in [3.8, 4) is 11.5 Å². The van der Waals surface area contributed by atoms with E-state index in [0.717, 1.165) is 17.7 Å². The molecule has 2 heterocycles. The summed E-state index contributed by atoms with van der Waals surface area (Å²) in [6.45, 7) is 6.20. The van der Waals surface area contributed by atoms with Gasteiger partial charge in [-0.25, -0.2) is 0 Å². The number of hydrogen-bond donors (Lipinski definition) is 0. The van der Waals surface area contributed by atoms with Crippen molar-refractivity contribution in [2.24, 2.45) is 0 Å². The van der Waals surface area contributed by atoms with E-state index in [1.165, 1.54) is 28.5 Å². The molecule has 5 nitrogen and oxygen atoms in total. The molecule has 0 fully saturated rings. The molecule has 0 saturated heterocycles. The van der Waals surface area contributed by atoms with E-state index in [9.17, 15) is 4.79 Å². The molecule has 3 aromatic rings. The highest BCUT2D eigenvalue weighted by Gasteiger charge is 2.30. The minimum Gasteiger partial charge on any atom is -0.411 e. The molecular weight excluding hydrogens is 358 g/mol. The lowest BCUT2D eigenvalue weighted by Gasteiger charge is -2.22. The molecule has 0 radical (unpaired) electrons. The molecule has 0 aliphatic carbocycles. The molecule has 138 valence electrons. The van der Waals surface area contributed by atoms with E-state index in [4.69, 9.17) is 4.42 Å². The molecule has 0 saturated carbocycles. The lowest BCUT2D eigenvalue weighted by molar-refractivity contribution is -0.116. The van der Waals surface area contributed by atoms with Gasteiger partial charge in [-0.1, -0.05) is 36.0 Å². The average Bonchev–Trinajstić information content (AvgIpc) is 3.25. The predicted octanol–water partition coefficient (Wildman–Crippen LogP) is 4.42. The van der Waals surface area contributed by atoms with Crippen LogP contribution < -0.4 is 4.90 Å². The number of carbonyl (C=O) groups excluding carboxylic acids is 1. The van der Waals surface area contributed by atoms with Crippen molar-refractivity contribution in [3.05, 3.63) is 59.2 Å². The summed E-state index contributed by atoms with van der Waals surface area (Å²) in [6.07, 6.45) is 0.893. The van der Waals surface area contributed by atoms with Crippen LogP contribution in [0.2, 0.25) is 0 Å². The number of anilines is 1. The second kappa shape index (κ2) is 7.19. The van der Waals surface area contributed by atoms with Gasteiger partial charge in [-0.3, -0.25) is 4.79 Å². The molecule has 1 amide bonds. The van der Waals surface area contributed by atoms with Crippen molar-refractivity contribution < 1.29 is 9.21 Å². The van der Waals surface area contributed by atoms with E-state index in [1.54, 1.807) is 0 Å². The molecule has 1 aliphatic heterocycles. The van der Waals surface area contributed by atoms with E-state index in [1.807, 2.05) is 41.3 Å². The van der Waals surface area contributed by atoms with Crippen molar-refractivity contribution in [2.45, 2.75) is 38.5 Å². The average molecular weight is 379 g/mol. The first-order valence-electron chi connectivity index (χ1n) is 8.97. The number of nitrogens with zero attached hydrogens (tertiary/aromatic N) is 3. The van der Waals surface area contributed by atoms with E-state index < -0.39 is 0 Å². The minimum absolute atomic E-state index is 0.0587. The molecule has 0 N–H and O–H groups in total. The Morgan fingerprint density at radius 1 is 1.19 bits per heavy atom. The van der Waals surface area contributed by atoms with Crippen LogP contribution in [0.4, 0.5) is 5.69 Å². The van der Waals surface area contributed by atoms with E-state index in [-0.39, 0.29) is 17.7 Å². The summed E-state index contributed by atoms with van der Waals surface area (Å²) in [5.41, 5.74) is 5.52. The number of rotatable bonds is 4. The topological polar surface area (TPSA) is 59.2 Å². The number of thioether (sulfide) groups is 1. The third-order valence-electron chi connectivity index (χ3n) is 4.96. The molecule has 0 spiro atoms. The number of amides is 1. The molecule has 6 heteroatoms. The summed E-state index contributed by atoms with van der Waals surface area (Å²) in [6, 6.07) is 14.3. The van der Waals surface area contributed by atoms with Crippen LogP contribution >= 0.6 is 11.8 Å². The third kappa shape index (κ3) is 3.49. The minimum atomic E-state index is 0.0587. The van der Waals surface area contributed by atoms with Gasteiger partial charge in [0, 0.05) is 17.3 Å². The molecular formula is C21H21N3O2S. The van der Waals surface area contributed by atoms with Gasteiger partial charge in [0.15, 0.2) is 0 Å². The Kier molecular flexibility index (Phi) is 4.74. The molecule has 1 aromatic heterocycles. The molecule has 0 bridgehead atoms. The zero-order valence-electron chi connectivity index (χ0n) is 15.6. The number of para-hydroxylation sites is 1. The van der Waals surface area contributed by atoms with Gasteiger partial charge in [0.1, 0.15) is 0 Å². The first-order valence-corrected chi connectivity index (χ1v) is 9.95. The number of carbonyl (C=O) groups is 1. The van der Waals surface area contributed by atoms with Gasteiger partial charge in [-0.2, -0.15) is 0 Å². The summed E-state index contributed by atoms with van der Waals surface area (Å²) in [5, 5.41) is 8.62. The maximum absolute atomic E-state index is 12.8. The van der Waals surface area contributed by atoms with E-state index >= 15 is 0 Å². The Morgan fingerprint density at radius 2 is 2.00 bits per heavy atom. The van der Waals surface area contributed by atoms with Crippen LogP contribution in [0.15, 0.2) is 52.1 Å². The highest BCUT2D eigenvalue weighted by molar-refractivity contribution is 7.99. The number of aryl methyl sites for hydroxylation is 2. The lowest BCUT2D eigenvalue weighted by atomic mass is 10.1. The van der Waals surface area contributed by atoms with Gasteiger partial charge < -0.3 is 9.32 Å². The molecule has 1 atom stereocenters. The first kappa shape index (κ1) is 17.8. The zero-order valence-corrected chi connectivity index (χ0v) is 16.4. The van der Waals surface area contributed by atoms with Crippen LogP contribution in [0.3, 0.4) is 0 Å². The Balaban J connectivity index is 1.44. The fourth-order valence-corrected chi connectivity index (χ4v) is 4.02. The Morgan fingerprint density at radius 3 is 2.81 bits per heavy atom. The van der Waals surface area contributed by atoms with Gasteiger partial charge >= 0.3 is 0 Å². The first-order chi connectivity index (χ1) is 13.0. The van der Waals surface area contributed by atoms with Gasteiger partial charge in [-0.15, -0.1) is 10.2 Å². The van der Waals surface area contributed by atoms with Crippen molar-refractivity contribution in [1.29, 1.82) is 0 Å². The SMILES string of the molecule is Cc1ccc(-c2nnc(SCC(=O)N3c4ccccc4CC3C)o2)cc1C. The molecule has 4 rings (SSSR count). The molecule has 27 heavy (non-hydrogen) atoms. The Bertz CT molecular complexity index is 999. The summed E-state index contributed by atoms with van der Waals surface area (Å²) in [5.74, 6) is 0.809. The highest BCUT2D eigenvalue weighted by Crippen LogP contribution is 2.33. The summed E-state index contributed by atoms with van der Waals surface area (Å²) >= 11 is 1.28. The lowest BCUT2D eigenvalue weighted by Crippen LogP contribution is -2.36. The summed E-state index contributed by atoms with van der Waals surface area (Å²) in [7, 11) is 0. The number of fused-ring (bicyclic) bond motifs is 1. The second-order valence-electron chi connectivity index (χ2n) is 6.91. The van der Waals surface area contributed by atoms with Crippen molar-refractivity contribution in [2.75, 3.05) is 10.7 Å². The van der Waals surface area contributed by atoms with Gasteiger partial charge in [-0.05, 0) is 62.1 Å². The third-order valence-corrected chi connectivity index (χ3v) is 5.76. The van der Waals surface area contributed by atoms with Crippen LogP contribution in [0.25, 0.3) is 11.5 Å². The maximum atomic E-state index is 12.8. The Labute approximate surface area is 162 Å². The fourth-order valence-electron chi connectivity index (χ4n) is 3.40. The van der Waals surface area contributed by atoms with Crippen molar-refractivity contribution in [1.82, 2.24) is 10.2 Å². The predicted molar refractivity (Wildman–Crippen MR) is 107 cm³/mol. The quantitative estimate of drug-likeness (QED) is 0.628. The van der Waals surface area contributed by atoms with Crippen LogP contribution in [0.1, 0.15) is 23.6 Å².